The molecule has 0 aliphatic carbocycles. The van der Waals surface area contributed by atoms with E-state index in [1.165, 1.54) is 6.07 Å². The first-order valence-electron chi connectivity index (χ1n) is 3.84. The van der Waals surface area contributed by atoms with Crippen molar-refractivity contribution < 1.29 is 9.90 Å². The lowest BCUT2D eigenvalue weighted by atomic mass is 10.1. The molecule has 0 saturated carbocycles. The molecular formula is C10H7NO2. The number of rotatable bonds is 1. The summed E-state index contributed by atoms with van der Waals surface area (Å²) in [5, 5.41) is 10.8. The minimum atomic E-state index is 0.169. The standard InChI is InChI=1S/C10H7NO2/c12-6-7-1-2-10(13)8-3-4-11-5-9(7)8/h1-6,13H. The molecule has 0 aliphatic rings. The number of carbonyl (C=O) groups excluding carboxylic acids is 1. The summed E-state index contributed by atoms with van der Waals surface area (Å²) >= 11 is 0. The Bertz CT molecular complexity index is 465. The van der Waals surface area contributed by atoms with Gasteiger partial charge in [0.1, 0.15) is 5.75 Å². The first-order valence-corrected chi connectivity index (χ1v) is 3.84. The number of carbonyl (C=O) groups is 1. The third-order valence-electron chi connectivity index (χ3n) is 1.96. The van der Waals surface area contributed by atoms with Crippen LogP contribution in [0, 0.1) is 0 Å². The average molecular weight is 173 g/mol. The SMILES string of the molecule is O=Cc1ccc(O)c2ccncc12. The fraction of sp³-hybridized carbons (Fsp3) is 0. The number of fused-ring (bicyclic) bond motifs is 1. The van der Waals surface area contributed by atoms with E-state index in [9.17, 15) is 9.90 Å². The van der Waals surface area contributed by atoms with Gasteiger partial charge in [0.15, 0.2) is 6.29 Å². The fourth-order valence-corrected chi connectivity index (χ4v) is 1.30. The van der Waals surface area contributed by atoms with Gasteiger partial charge >= 0.3 is 0 Å². The highest BCUT2D eigenvalue weighted by Gasteiger charge is 2.03. The molecule has 1 heterocycles. The summed E-state index contributed by atoms with van der Waals surface area (Å²) in [7, 11) is 0. The summed E-state index contributed by atoms with van der Waals surface area (Å²) in [6, 6.07) is 4.76. The highest BCUT2D eigenvalue weighted by Crippen LogP contribution is 2.25. The van der Waals surface area contributed by atoms with E-state index in [4.69, 9.17) is 0 Å². The molecule has 2 aromatic rings. The molecule has 0 saturated heterocycles. The van der Waals surface area contributed by atoms with Crippen LogP contribution in [-0.2, 0) is 0 Å². The second kappa shape index (κ2) is 2.86. The number of phenolic OH excluding ortho intramolecular Hbond substituents is 1. The summed E-state index contributed by atoms with van der Waals surface area (Å²) in [4.78, 5) is 14.5. The molecule has 0 unspecified atom stereocenters. The Balaban J connectivity index is 2.92. The zero-order valence-corrected chi connectivity index (χ0v) is 6.77. The molecule has 3 nitrogen and oxygen atoms in total. The molecule has 0 bridgehead atoms. The van der Waals surface area contributed by atoms with Crippen molar-refractivity contribution in [2.45, 2.75) is 0 Å². The van der Waals surface area contributed by atoms with Crippen molar-refractivity contribution in [1.29, 1.82) is 0 Å². The van der Waals surface area contributed by atoms with Crippen LogP contribution in [0.1, 0.15) is 10.4 Å². The lowest BCUT2D eigenvalue weighted by Crippen LogP contribution is -1.84. The van der Waals surface area contributed by atoms with Crippen molar-refractivity contribution in [2.75, 3.05) is 0 Å². The molecule has 3 heteroatoms. The molecule has 0 aliphatic heterocycles. The van der Waals surface area contributed by atoms with E-state index in [0.717, 1.165) is 6.29 Å². The number of hydrogen-bond donors (Lipinski definition) is 1. The Kier molecular flexibility index (Phi) is 1.70. The van der Waals surface area contributed by atoms with Gasteiger partial charge in [-0.25, -0.2) is 0 Å². The third kappa shape index (κ3) is 1.14. The number of aromatic nitrogens is 1. The maximum absolute atomic E-state index is 10.6. The number of benzene rings is 1. The number of aromatic hydroxyl groups is 1. The normalized spacial score (nSPS) is 10.2. The summed E-state index contributed by atoms with van der Waals surface area (Å²) in [6.45, 7) is 0. The topological polar surface area (TPSA) is 50.2 Å². The van der Waals surface area contributed by atoms with Crippen molar-refractivity contribution in [3.05, 3.63) is 36.2 Å². The van der Waals surface area contributed by atoms with E-state index in [-0.39, 0.29) is 5.75 Å². The average Bonchev–Trinajstić information content (AvgIpc) is 2.19. The lowest BCUT2D eigenvalue weighted by Gasteiger charge is -2.01. The number of pyridine rings is 1. The molecule has 1 aromatic heterocycles. The van der Waals surface area contributed by atoms with Gasteiger partial charge in [-0.1, -0.05) is 0 Å². The Labute approximate surface area is 74.7 Å². The van der Waals surface area contributed by atoms with Crippen LogP contribution in [0.4, 0.5) is 0 Å². The lowest BCUT2D eigenvalue weighted by molar-refractivity contribution is 0.112. The van der Waals surface area contributed by atoms with Crippen LogP contribution in [0.25, 0.3) is 10.8 Å². The Morgan fingerprint density at radius 1 is 1.23 bits per heavy atom. The summed E-state index contributed by atoms with van der Waals surface area (Å²) in [5.74, 6) is 0.169. The molecule has 1 aromatic carbocycles. The monoisotopic (exact) mass is 173 g/mol. The zero-order valence-electron chi connectivity index (χ0n) is 6.77. The van der Waals surface area contributed by atoms with E-state index in [2.05, 4.69) is 4.98 Å². The van der Waals surface area contributed by atoms with E-state index in [1.54, 1.807) is 24.5 Å². The van der Waals surface area contributed by atoms with Gasteiger partial charge in [-0.3, -0.25) is 9.78 Å². The van der Waals surface area contributed by atoms with Gasteiger partial charge in [0, 0.05) is 28.7 Å². The predicted molar refractivity (Wildman–Crippen MR) is 48.8 cm³/mol. The quantitative estimate of drug-likeness (QED) is 0.668. The third-order valence-corrected chi connectivity index (χ3v) is 1.96. The maximum atomic E-state index is 10.6. The van der Waals surface area contributed by atoms with Crippen LogP contribution in [0.3, 0.4) is 0 Å². The smallest absolute Gasteiger partial charge is 0.150 e. The van der Waals surface area contributed by atoms with Crippen molar-refractivity contribution in [1.82, 2.24) is 4.98 Å². The highest BCUT2D eigenvalue weighted by molar-refractivity contribution is 6.00. The molecule has 2 rings (SSSR count). The predicted octanol–water partition coefficient (Wildman–Crippen LogP) is 1.75. The van der Waals surface area contributed by atoms with Crippen LogP contribution in [0.5, 0.6) is 5.75 Å². The van der Waals surface area contributed by atoms with Gasteiger partial charge in [-0.05, 0) is 18.2 Å². The van der Waals surface area contributed by atoms with Crippen molar-refractivity contribution in [3.63, 3.8) is 0 Å². The zero-order chi connectivity index (χ0) is 9.26. The van der Waals surface area contributed by atoms with Crippen LogP contribution >= 0.6 is 0 Å². The Morgan fingerprint density at radius 3 is 2.85 bits per heavy atom. The number of hydrogen-bond acceptors (Lipinski definition) is 3. The molecule has 0 fully saturated rings. The molecule has 64 valence electrons. The second-order valence-electron chi connectivity index (χ2n) is 2.71. The molecular weight excluding hydrogens is 166 g/mol. The fourth-order valence-electron chi connectivity index (χ4n) is 1.30. The van der Waals surface area contributed by atoms with Crippen LogP contribution in [0.2, 0.25) is 0 Å². The molecule has 13 heavy (non-hydrogen) atoms. The molecule has 0 spiro atoms. The van der Waals surface area contributed by atoms with E-state index in [0.29, 0.717) is 16.3 Å². The maximum Gasteiger partial charge on any atom is 0.150 e. The molecule has 0 amide bonds. The minimum Gasteiger partial charge on any atom is -0.507 e. The Morgan fingerprint density at radius 2 is 2.08 bits per heavy atom. The number of phenols is 1. The summed E-state index contributed by atoms with van der Waals surface area (Å²) in [5.41, 5.74) is 0.543. The highest BCUT2D eigenvalue weighted by atomic mass is 16.3. The summed E-state index contributed by atoms with van der Waals surface area (Å²) < 4.78 is 0. The number of aldehydes is 1. The first kappa shape index (κ1) is 7.73. The van der Waals surface area contributed by atoms with Crippen LogP contribution in [-0.4, -0.2) is 16.4 Å². The molecule has 0 radical (unpaired) electrons. The van der Waals surface area contributed by atoms with Gasteiger partial charge in [0.05, 0.1) is 0 Å². The van der Waals surface area contributed by atoms with Gasteiger partial charge in [-0.2, -0.15) is 0 Å². The van der Waals surface area contributed by atoms with Gasteiger partial charge < -0.3 is 5.11 Å². The van der Waals surface area contributed by atoms with Crippen molar-refractivity contribution in [3.8, 4) is 5.75 Å². The van der Waals surface area contributed by atoms with Crippen molar-refractivity contribution in [2.24, 2.45) is 0 Å². The largest absolute Gasteiger partial charge is 0.507 e. The second-order valence-corrected chi connectivity index (χ2v) is 2.71. The van der Waals surface area contributed by atoms with Crippen molar-refractivity contribution >= 4 is 17.1 Å². The van der Waals surface area contributed by atoms with Crippen LogP contribution in [0.15, 0.2) is 30.6 Å². The van der Waals surface area contributed by atoms with E-state index < -0.39 is 0 Å². The molecule has 1 N–H and O–H groups in total. The molecule has 0 atom stereocenters. The van der Waals surface area contributed by atoms with Gasteiger partial charge in [0.25, 0.3) is 0 Å². The van der Waals surface area contributed by atoms with E-state index >= 15 is 0 Å². The van der Waals surface area contributed by atoms with Gasteiger partial charge in [0.2, 0.25) is 0 Å². The van der Waals surface area contributed by atoms with Crippen LogP contribution < -0.4 is 0 Å². The van der Waals surface area contributed by atoms with Gasteiger partial charge in [-0.15, -0.1) is 0 Å². The Hall–Kier alpha value is -1.90. The minimum absolute atomic E-state index is 0.169. The summed E-state index contributed by atoms with van der Waals surface area (Å²) in [6.07, 6.45) is 3.90. The van der Waals surface area contributed by atoms with E-state index in [1.807, 2.05) is 0 Å². The number of nitrogens with zero attached hydrogens (tertiary/aromatic N) is 1. The first-order chi connectivity index (χ1) is 6.33.